The number of thiophene rings is 1. The smallest absolute Gasteiger partial charge is 0.237 e. The normalized spacial score (nSPS) is 16.8. The summed E-state index contributed by atoms with van der Waals surface area (Å²) in [6.45, 7) is 2.23. The minimum Gasteiger partial charge on any atom is -0.314 e. The summed E-state index contributed by atoms with van der Waals surface area (Å²) in [5.41, 5.74) is 13.6. The summed E-state index contributed by atoms with van der Waals surface area (Å²) in [5.74, 6) is 0.366. The average molecular weight is 656 g/mol. The van der Waals surface area contributed by atoms with Crippen LogP contribution in [0.5, 0.6) is 0 Å². The van der Waals surface area contributed by atoms with Gasteiger partial charge in [0, 0.05) is 50.8 Å². The van der Waals surface area contributed by atoms with E-state index in [0.29, 0.717) is 5.92 Å². The SMILES string of the molecule is Cc1ccc2c3cc4c5cccc6c7ccc8c9ccccc9sc8c7[n+](c4cc3c3c(n2c1)C1C(C3)c2ccccc2-c2cccc[n+]21)c56. The summed E-state index contributed by atoms with van der Waals surface area (Å²) in [6.07, 6.45) is 5.70. The lowest BCUT2D eigenvalue weighted by atomic mass is 9.84. The Morgan fingerprint density at radius 1 is 0.660 bits per heavy atom. The minimum absolute atomic E-state index is 0.220. The molecule has 2 aliphatic rings. The standard InChI is InChI=1S/C46H29N3S/c1-25-16-19-39-35-21-34-30-13-8-12-29-31-17-18-32-28-11-4-5-15-41(28)50-46(32)45(31)49(42(29)30)40(34)23-33(35)37-22-36-26-9-2-3-10-27(26)38-14-6-7-20-47(38)43(36)44(37)48(39)24-25/h2-21,23-24,36,43H,22H2,1H3/q+2. The Kier molecular flexibility index (Phi) is 4.61. The van der Waals surface area contributed by atoms with E-state index in [4.69, 9.17) is 0 Å². The molecule has 0 saturated heterocycles. The molecule has 0 spiro atoms. The molecule has 0 fully saturated rings. The number of aryl methyl sites for hydroxylation is 1. The maximum Gasteiger partial charge on any atom is 0.237 e. The second-order valence-electron chi connectivity index (χ2n) is 14.6. The first kappa shape index (κ1) is 26.1. The third-order valence-electron chi connectivity index (χ3n) is 12.1. The second-order valence-corrected chi connectivity index (χ2v) is 15.6. The Bertz CT molecular complexity index is 3330. The number of benzene rings is 5. The third-order valence-corrected chi connectivity index (χ3v) is 13.3. The Balaban J connectivity index is 1.22. The third kappa shape index (κ3) is 2.97. The van der Waals surface area contributed by atoms with Gasteiger partial charge in [-0.1, -0.05) is 54.6 Å². The number of hydrogen-bond donors (Lipinski definition) is 0. The first-order valence-electron chi connectivity index (χ1n) is 17.6. The van der Waals surface area contributed by atoms with Crippen molar-refractivity contribution in [3.05, 3.63) is 156 Å². The van der Waals surface area contributed by atoms with Crippen LogP contribution in [0.1, 0.15) is 34.3 Å². The van der Waals surface area contributed by atoms with Gasteiger partial charge in [0.1, 0.15) is 4.70 Å². The van der Waals surface area contributed by atoms with Crippen LogP contribution >= 0.6 is 11.3 Å². The fraction of sp³-hybridized carbons (Fsp3) is 0.0870. The first-order valence-corrected chi connectivity index (χ1v) is 18.5. The van der Waals surface area contributed by atoms with Crippen molar-refractivity contribution in [3.63, 3.8) is 0 Å². The molecule has 5 aromatic carbocycles. The van der Waals surface area contributed by atoms with Crippen molar-refractivity contribution in [1.29, 1.82) is 0 Å². The zero-order chi connectivity index (χ0) is 32.4. The van der Waals surface area contributed by atoms with Gasteiger partial charge in [0.05, 0.1) is 38.7 Å². The van der Waals surface area contributed by atoms with E-state index in [1.165, 1.54) is 108 Å². The molecule has 2 atom stereocenters. The number of pyridine rings is 3. The van der Waals surface area contributed by atoms with Gasteiger partial charge in [0.15, 0.2) is 6.20 Å². The molecule has 0 radical (unpaired) electrons. The van der Waals surface area contributed by atoms with Crippen LogP contribution in [0.3, 0.4) is 0 Å². The fourth-order valence-corrected chi connectivity index (χ4v) is 11.4. The van der Waals surface area contributed by atoms with E-state index in [1.807, 2.05) is 11.3 Å². The number of aromatic nitrogens is 3. The zero-order valence-electron chi connectivity index (χ0n) is 27.3. The van der Waals surface area contributed by atoms with Gasteiger partial charge < -0.3 is 4.40 Å². The van der Waals surface area contributed by atoms with E-state index in [1.54, 1.807) is 0 Å². The molecule has 50 heavy (non-hydrogen) atoms. The molecule has 3 nitrogen and oxygen atoms in total. The van der Waals surface area contributed by atoms with E-state index in [0.717, 1.165) is 6.42 Å². The van der Waals surface area contributed by atoms with Gasteiger partial charge in [-0.05, 0) is 84.0 Å². The topological polar surface area (TPSA) is 12.4 Å². The highest BCUT2D eigenvalue weighted by Gasteiger charge is 2.48. The maximum atomic E-state index is 2.62. The summed E-state index contributed by atoms with van der Waals surface area (Å²) >= 11 is 1.93. The van der Waals surface area contributed by atoms with Gasteiger partial charge in [-0.25, -0.2) is 0 Å². The highest BCUT2D eigenvalue weighted by Crippen LogP contribution is 2.51. The Hall–Kier alpha value is -5.84. The molecule has 7 heterocycles. The lowest BCUT2D eigenvalue weighted by molar-refractivity contribution is -0.707. The number of para-hydroxylation sites is 1. The highest BCUT2D eigenvalue weighted by atomic mass is 32.1. The molecule has 1 aliphatic heterocycles. The lowest BCUT2D eigenvalue weighted by Gasteiger charge is -2.26. The molecule has 2 unspecified atom stereocenters. The molecule has 13 rings (SSSR count). The van der Waals surface area contributed by atoms with Crippen LogP contribution in [0.2, 0.25) is 0 Å². The van der Waals surface area contributed by atoms with Crippen LogP contribution in [0.15, 0.2) is 134 Å². The lowest BCUT2D eigenvalue weighted by Crippen LogP contribution is -2.46. The largest absolute Gasteiger partial charge is 0.314 e. The molecule has 0 N–H and O–H groups in total. The highest BCUT2D eigenvalue weighted by molar-refractivity contribution is 7.26. The number of fused-ring (bicyclic) bond motifs is 23. The van der Waals surface area contributed by atoms with Crippen molar-refractivity contribution in [2.24, 2.45) is 0 Å². The van der Waals surface area contributed by atoms with E-state index >= 15 is 0 Å². The van der Waals surface area contributed by atoms with Crippen molar-refractivity contribution >= 4 is 85.9 Å². The summed E-state index contributed by atoms with van der Waals surface area (Å²) in [6, 6.07) is 46.3. The van der Waals surface area contributed by atoms with Crippen molar-refractivity contribution in [2.45, 2.75) is 25.3 Å². The van der Waals surface area contributed by atoms with Gasteiger partial charge in [-0.2, -0.15) is 8.97 Å². The van der Waals surface area contributed by atoms with E-state index in [2.05, 4.69) is 154 Å². The van der Waals surface area contributed by atoms with E-state index < -0.39 is 0 Å². The molecule has 0 saturated carbocycles. The fourth-order valence-electron chi connectivity index (χ4n) is 10.2. The van der Waals surface area contributed by atoms with Crippen LogP contribution in [0, 0.1) is 6.92 Å². The predicted molar refractivity (Wildman–Crippen MR) is 206 cm³/mol. The van der Waals surface area contributed by atoms with Gasteiger partial charge in [0.2, 0.25) is 28.3 Å². The van der Waals surface area contributed by atoms with Crippen molar-refractivity contribution < 1.29 is 8.97 Å². The second kappa shape index (κ2) is 8.84. The van der Waals surface area contributed by atoms with Crippen molar-refractivity contribution in [1.82, 2.24) is 4.40 Å². The van der Waals surface area contributed by atoms with Gasteiger partial charge in [-0.15, -0.1) is 11.3 Å². The number of nitrogens with zero attached hydrogens (tertiary/aromatic N) is 3. The van der Waals surface area contributed by atoms with E-state index in [-0.39, 0.29) is 6.04 Å². The van der Waals surface area contributed by atoms with Crippen LogP contribution in [0.4, 0.5) is 0 Å². The Labute approximate surface area is 290 Å². The molecule has 0 amide bonds. The summed E-state index contributed by atoms with van der Waals surface area (Å²) in [4.78, 5) is 0. The van der Waals surface area contributed by atoms with Crippen molar-refractivity contribution in [3.8, 4) is 11.3 Å². The summed E-state index contributed by atoms with van der Waals surface area (Å²) < 4.78 is 10.5. The van der Waals surface area contributed by atoms with Crippen LogP contribution < -0.4 is 8.97 Å². The molecular formula is C46H29N3S+2. The number of rotatable bonds is 0. The first-order chi connectivity index (χ1) is 24.7. The van der Waals surface area contributed by atoms with Gasteiger partial charge in [-0.3, -0.25) is 0 Å². The minimum atomic E-state index is 0.220. The Morgan fingerprint density at radius 2 is 1.46 bits per heavy atom. The van der Waals surface area contributed by atoms with Gasteiger partial charge in [0.25, 0.3) is 0 Å². The molecule has 11 aromatic rings. The maximum absolute atomic E-state index is 2.62. The quantitative estimate of drug-likeness (QED) is 0.114. The van der Waals surface area contributed by atoms with E-state index in [9.17, 15) is 0 Å². The van der Waals surface area contributed by atoms with Gasteiger partial charge >= 0.3 is 0 Å². The molecule has 4 heteroatoms. The monoisotopic (exact) mass is 655 g/mol. The van der Waals surface area contributed by atoms with Crippen LogP contribution in [-0.2, 0) is 6.42 Å². The number of hydrogen-bond acceptors (Lipinski definition) is 1. The van der Waals surface area contributed by atoms with Crippen LogP contribution in [0.25, 0.3) is 85.8 Å². The molecule has 232 valence electrons. The average Bonchev–Trinajstić information content (AvgIpc) is 3.91. The molecular weight excluding hydrogens is 627 g/mol. The summed E-state index contributed by atoms with van der Waals surface area (Å²) in [5, 5.41) is 10.8. The molecule has 6 aromatic heterocycles. The molecule has 0 bridgehead atoms. The summed E-state index contributed by atoms with van der Waals surface area (Å²) in [7, 11) is 0. The Morgan fingerprint density at radius 3 is 2.42 bits per heavy atom. The predicted octanol–water partition coefficient (Wildman–Crippen LogP) is 10.6. The van der Waals surface area contributed by atoms with Crippen molar-refractivity contribution in [2.75, 3.05) is 0 Å². The van der Waals surface area contributed by atoms with Crippen LogP contribution in [-0.4, -0.2) is 4.40 Å². The zero-order valence-corrected chi connectivity index (χ0v) is 28.1. The molecule has 1 aliphatic carbocycles.